The number of benzene rings is 2. The molecular weight excluding hydrogens is 372 g/mol. The number of fused-ring (bicyclic) bond motifs is 1. The zero-order valence-corrected chi connectivity index (χ0v) is 16.6. The van der Waals surface area contributed by atoms with E-state index in [-0.39, 0.29) is 12.4 Å². The van der Waals surface area contributed by atoms with Crippen molar-refractivity contribution < 1.29 is 13.2 Å². The molecule has 0 spiro atoms. The number of rotatable bonds is 6. The topological polar surface area (TPSA) is 58.6 Å². The maximum Gasteiger partial charge on any atom is 0.278 e. The van der Waals surface area contributed by atoms with Gasteiger partial charge >= 0.3 is 0 Å². The van der Waals surface area contributed by atoms with Gasteiger partial charge in [0, 0.05) is 6.42 Å². The van der Waals surface area contributed by atoms with Gasteiger partial charge in [0.05, 0.1) is 11.4 Å². The Morgan fingerprint density at radius 3 is 2.42 bits per heavy atom. The van der Waals surface area contributed by atoms with Crippen LogP contribution in [-0.2, 0) is 10.0 Å². The van der Waals surface area contributed by atoms with Gasteiger partial charge in [-0.25, -0.2) is 12.7 Å². The monoisotopic (exact) mass is 396 g/mol. The van der Waals surface area contributed by atoms with Gasteiger partial charge in [-0.05, 0) is 43.3 Å². The van der Waals surface area contributed by atoms with Crippen molar-refractivity contribution in [2.24, 2.45) is 5.92 Å². The summed E-state index contributed by atoms with van der Waals surface area (Å²) in [4.78, 5) is 0. The molecule has 0 aliphatic carbocycles. The number of nitrogens with zero attached hydrogens (tertiary/aromatic N) is 1. The molecule has 0 bridgehead atoms. The number of nitrogens with one attached hydrogen (secondary N) is 1. The fourth-order valence-corrected chi connectivity index (χ4v) is 4.57. The maximum atomic E-state index is 13.2. The molecule has 1 N–H and O–H groups in total. The van der Waals surface area contributed by atoms with E-state index in [1.807, 2.05) is 36.4 Å². The molecular formula is C19H25ClN2O3S. The zero-order valence-electron chi connectivity index (χ0n) is 15.0. The lowest BCUT2D eigenvalue weighted by Gasteiger charge is -2.35. The van der Waals surface area contributed by atoms with Crippen LogP contribution in [0.25, 0.3) is 0 Å². The second-order valence-corrected chi connectivity index (χ2v) is 8.47. The van der Waals surface area contributed by atoms with E-state index in [4.69, 9.17) is 4.74 Å². The highest BCUT2D eigenvalue weighted by molar-refractivity contribution is 7.93. The number of anilines is 2. The lowest BCUT2D eigenvalue weighted by atomic mass is 10.2. The Hall–Kier alpha value is -1.76. The summed E-state index contributed by atoms with van der Waals surface area (Å²) in [6, 6.07) is 16.4. The SMILES string of the molecule is CC(C)CNCCC1Oc2ccccc2N(c2ccccc2)S1(=O)=O.Cl. The van der Waals surface area contributed by atoms with Crippen LogP contribution in [0.5, 0.6) is 5.75 Å². The molecule has 142 valence electrons. The number of sulfonamides is 1. The summed E-state index contributed by atoms with van der Waals surface area (Å²) in [5.41, 5.74) is 0.278. The second-order valence-electron chi connectivity index (χ2n) is 6.55. The molecule has 0 saturated carbocycles. The molecule has 5 nitrogen and oxygen atoms in total. The second kappa shape index (κ2) is 8.75. The van der Waals surface area contributed by atoms with Crippen LogP contribution in [0.15, 0.2) is 54.6 Å². The minimum absolute atomic E-state index is 0. The molecule has 0 amide bonds. The highest BCUT2D eigenvalue weighted by atomic mass is 35.5. The van der Waals surface area contributed by atoms with Gasteiger partial charge in [0.15, 0.2) is 0 Å². The van der Waals surface area contributed by atoms with E-state index in [9.17, 15) is 8.42 Å². The van der Waals surface area contributed by atoms with Crippen molar-refractivity contribution >= 4 is 33.8 Å². The minimum atomic E-state index is -3.66. The van der Waals surface area contributed by atoms with E-state index in [1.54, 1.807) is 18.2 Å². The van der Waals surface area contributed by atoms with Crippen LogP contribution in [0.2, 0.25) is 0 Å². The molecule has 0 fully saturated rings. The third kappa shape index (κ3) is 4.31. The summed E-state index contributed by atoms with van der Waals surface area (Å²) in [7, 11) is -3.66. The van der Waals surface area contributed by atoms with E-state index in [1.165, 1.54) is 4.31 Å². The minimum Gasteiger partial charge on any atom is -0.470 e. The van der Waals surface area contributed by atoms with Gasteiger partial charge in [-0.15, -0.1) is 12.4 Å². The van der Waals surface area contributed by atoms with Crippen LogP contribution < -0.4 is 14.4 Å². The van der Waals surface area contributed by atoms with Gasteiger partial charge in [-0.2, -0.15) is 0 Å². The van der Waals surface area contributed by atoms with Gasteiger partial charge in [0.25, 0.3) is 10.0 Å². The van der Waals surface area contributed by atoms with Gasteiger partial charge in [-0.3, -0.25) is 0 Å². The Morgan fingerprint density at radius 1 is 1.08 bits per heavy atom. The van der Waals surface area contributed by atoms with Crippen molar-refractivity contribution in [3.63, 3.8) is 0 Å². The predicted molar refractivity (Wildman–Crippen MR) is 108 cm³/mol. The fourth-order valence-electron chi connectivity index (χ4n) is 2.85. The van der Waals surface area contributed by atoms with E-state index >= 15 is 0 Å². The molecule has 1 atom stereocenters. The third-order valence-electron chi connectivity index (χ3n) is 4.03. The van der Waals surface area contributed by atoms with Crippen LogP contribution in [-0.4, -0.2) is 26.9 Å². The maximum absolute atomic E-state index is 13.2. The zero-order chi connectivity index (χ0) is 17.9. The van der Waals surface area contributed by atoms with Crippen molar-refractivity contribution in [1.29, 1.82) is 0 Å². The van der Waals surface area contributed by atoms with E-state index in [0.29, 0.717) is 36.0 Å². The summed E-state index contributed by atoms with van der Waals surface area (Å²) >= 11 is 0. The molecule has 1 aliphatic rings. The first-order valence-electron chi connectivity index (χ1n) is 8.55. The molecule has 0 aromatic heterocycles. The first-order chi connectivity index (χ1) is 12.0. The number of halogens is 1. The molecule has 0 saturated heterocycles. The molecule has 1 heterocycles. The standard InChI is InChI=1S/C19H24N2O3S.ClH/c1-15(2)14-20-13-12-19-24-18-11-7-6-10-17(18)21(25(19,22)23)16-8-4-3-5-9-16;/h3-11,15,19-20H,12-14H2,1-2H3;1H. The average molecular weight is 397 g/mol. The Morgan fingerprint density at radius 2 is 1.73 bits per heavy atom. The number of hydrogen-bond acceptors (Lipinski definition) is 4. The Bertz CT molecular complexity index is 813. The van der Waals surface area contributed by atoms with Crippen LogP contribution >= 0.6 is 12.4 Å². The summed E-state index contributed by atoms with van der Waals surface area (Å²) in [5.74, 6) is 1.11. The smallest absolute Gasteiger partial charge is 0.278 e. The van der Waals surface area contributed by atoms with Gasteiger partial charge in [-0.1, -0.05) is 44.2 Å². The van der Waals surface area contributed by atoms with Crippen LogP contribution in [0.4, 0.5) is 11.4 Å². The van der Waals surface area contributed by atoms with Gasteiger partial charge in [0.1, 0.15) is 5.75 Å². The Balaban J connectivity index is 0.00000243. The van der Waals surface area contributed by atoms with E-state index < -0.39 is 15.5 Å². The quantitative estimate of drug-likeness (QED) is 0.751. The normalized spacial score (nSPS) is 18.0. The molecule has 1 unspecified atom stereocenters. The number of para-hydroxylation sites is 3. The van der Waals surface area contributed by atoms with Crippen LogP contribution in [0.1, 0.15) is 20.3 Å². The van der Waals surface area contributed by atoms with Gasteiger partial charge < -0.3 is 10.1 Å². The van der Waals surface area contributed by atoms with E-state index in [2.05, 4.69) is 19.2 Å². The molecule has 2 aromatic rings. The molecule has 0 radical (unpaired) electrons. The predicted octanol–water partition coefficient (Wildman–Crippen LogP) is 3.93. The van der Waals surface area contributed by atoms with Crippen molar-refractivity contribution in [1.82, 2.24) is 5.32 Å². The Labute approximate surface area is 161 Å². The molecule has 1 aliphatic heterocycles. The lowest BCUT2D eigenvalue weighted by Crippen LogP contribution is -2.44. The summed E-state index contributed by atoms with van der Waals surface area (Å²) < 4.78 is 33.6. The first-order valence-corrected chi connectivity index (χ1v) is 10.1. The third-order valence-corrected chi connectivity index (χ3v) is 5.94. The lowest BCUT2D eigenvalue weighted by molar-refractivity contribution is 0.255. The van der Waals surface area contributed by atoms with Gasteiger partial charge in [0.2, 0.25) is 5.44 Å². The van der Waals surface area contributed by atoms with Crippen molar-refractivity contribution in [3.05, 3.63) is 54.6 Å². The summed E-state index contributed by atoms with van der Waals surface area (Å²) in [6.45, 7) is 5.68. The molecule has 2 aromatic carbocycles. The van der Waals surface area contributed by atoms with Crippen molar-refractivity contribution in [2.75, 3.05) is 17.4 Å². The van der Waals surface area contributed by atoms with Crippen LogP contribution in [0, 0.1) is 5.92 Å². The first kappa shape index (κ1) is 20.6. The average Bonchev–Trinajstić information content (AvgIpc) is 2.59. The number of hydrogen-bond donors (Lipinski definition) is 1. The molecule has 26 heavy (non-hydrogen) atoms. The van der Waals surface area contributed by atoms with Crippen molar-refractivity contribution in [3.8, 4) is 5.75 Å². The molecule has 3 rings (SSSR count). The Kier molecular flexibility index (Phi) is 6.92. The fraction of sp³-hybridized carbons (Fsp3) is 0.368. The number of ether oxygens (including phenoxy) is 1. The summed E-state index contributed by atoms with van der Waals surface area (Å²) in [6.07, 6.45) is 0.396. The molecule has 7 heteroatoms. The highest BCUT2D eigenvalue weighted by Crippen LogP contribution is 2.42. The van der Waals surface area contributed by atoms with E-state index in [0.717, 1.165) is 6.54 Å². The highest BCUT2D eigenvalue weighted by Gasteiger charge is 2.40. The van der Waals surface area contributed by atoms with Crippen LogP contribution in [0.3, 0.4) is 0 Å². The van der Waals surface area contributed by atoms with Crippen molar-refractivity contribution in [2.45, 2.75) is 25.7 Å². The summed E-state index contributed by atoms with van der Waals surface area (Å²) in [5, 5.41) is 3.29. The largest absolute Gasteiger partial charge is 0.470 e.